The van der Waals surface area contributed by atoms with E-state index >= 15 is 0 Å². The summed E-state index contributed by atoms with van der Waals surface area (Å²) in [6.07, 6.45) is 67.7. The normalized spacial score (nSPS) is 13.1. The summed E-state index contributed by atoms with van der Waals surface area (Å²) in [6, 6.07) is 0. The summed E-state index contributed by atoms with van der Waals surface area (Å²) in [4.78, 5) is 37.8. The molecule has 6 heteroatoms. The van der Waals surface area contributed by atoms with E-state index in [2.05, 4.69) is 136 Å². The first kappa shape index (κ1) is 57.8. The van der Waals surface area contributed by atoms with Gasteiger partial charge in [0.25, 0.3) is 0 Å². The number of hydrogen-bond donors (Lipinski definition) is 0. The first-order valence-corrected chi connectivity index (χ1v) is 24.5. The van der Waals surface area contributed by atoms with Crippen LogP contribution < -0.4 is 0 Å². The van der Waals surface area contributed by atoms with Gasteiger partial charge < -0.3 is 14.2 Å². The monoisotopic (exact) mass is 857 g/mol. The summed E-state index contributed by atoms with van der Waals surface area (Å²) in [5, 5.41) is 0. The van der Waals surface area contributed by atoms with E-state index in [0.29, 0.717) is 12.8 Å². The van der Waals surface area contributed by atoms with Crippen LogP contribution in [0.2, 0.25) is 0 Å². The fraction of sp³-hybridized carbons (Fsp3) is 0.589. The molecule has 0 N–H and O–H groups in total. The van der Waals surface area contributed by atoms with Gasteiger partial charge in [0.05, 0.1) is 0 Å². The maximum absolute atomic E-state index is 12.8. The van der Waals surface area contributed by atoms with Crippen LogP contribution in [0, 0.1) is 0 Å². The molecule has 0 fully saturated rings. The zero-order chi connectivity index (χ0) is 45.1. The highest BCUT2D eigenvalue weighted by atomic mass is 16.6. The third-order valence-corrected chi connectivity index (χ3v) is 9.69. The molecule has 0 aliphatic rings. The number of rotatable bonds is 42. The van der Waals surface area contributed by atoms with Crippen molar-refractivity contribution in [1.29, 1.82) is 0 Å². The molecule has 348 valence electrons. The Morgan fingerprint density at radius 1 is 0.339 bits per heavy atom. The third-order valence-electron chi connectivity index (χ3n) is 9.69. The van der Waals surface area contributed by atoms with Gasteiger partial charge in [-0.05, 0) is 109 Å². The van der Waals surface area contributed by atoms with E-state index in [1.54, 1.807) is 0 Å². The highest BCUT2D eigenvalue weighted by Crippen LogP contribution is 2.11. The molecule has 0 saturated carbocycles. The quantitative estimate of drug-likeness (QED) is 0.0263. The molecule has 62 heavy (non-hydrogen) atoms. The average Bonchev–Trinajstić information content (AvgIpc) is 3.27. The van der Waals surface area contributed by atoms with Crippen LogP contribution in [0.1, 0.15) is 194 Å². The van der Waals surface area contributed by atoms with E-state index in [1.807, 2.05) is 6.08 Å². The molecule has 0 aromatic heterocycles. The molecule has 0 aliphatic carbocycles. The second-order valence-electron chi connectivity index (χ2n) is 15.6. The molecule has 0 heterocycles. The van der Waals surface area contributed by atoms with Crippen molar-refractivity contribution in [2.75, 3.05) is 13.2 Å². The average molecular weight is 857 g/mol. The largest absolute Gasteiger partial charge is 0.462 e. The van der Waals surface area contributed by atoms with Crippen LogP contribution in [0.4, 0.5) is 0 Å². The van der Waals surface area contributed by atoms with Crippen molar-refractivity contribution >= 4 is 17.9 Å². The van der Waals surface area contributed by atoms with E-state index in [9.17, 15) is 14.4 Å². The van der Waals surface area contributed by atoms with Crippen LogP contribution in [0.15, 0.2) is 122 Å². The molecule has 0 aliphatic heterocycles. The number of carbonyl (C=O) groups is 3. The lowest BCUT2D eigenvalue weighted by atomic mass is 10.1. The topological polar surface area (TPSA) is 78.9 Å². The molecule has 0 rings (SSSR count). The Bertz CT molecular complexity index is 1350. The van der Waals surface area contributed by atoms with Gasteiger partial charge >= 0.3 is 17.9 Å². The highest BCUT2D eigenvalue weighted by molar-refractivity contribution is 5.71. The summed E-state index contributed by atoms with van der Waals surface area (Å²) >= 11 is 0. The van der Waals surface area contributed by atoms with Gasteiger partial charge in [-0.2, -0.15) is 0 Å². The molecule has 0 saturated heterocycles. The maximum Gasteiger partial charge on any atom is 0.306 e. The number of esters is 3. The summed E-state index contributed by atoms with van der Waals surface area (Å²) < 4.78 is 16.6. The molecule has 0 spiro atoms. The molecule has 0 bridgehead atoms. The molecule has 1 unspecified atom stereocenters. The van der Waals surface area contributed by atoms with Crippen LogP contribution in [-0.2, 0) is 28.6 Å². The van der Waals surface area contributed by atoms with E-state index in [1.165, 1.54) is 38.5 Å². The standard InChI is InChI=1S/C56H88O6/c1-4-7-10-13-16-19-22-25-27-28-29-32-34-37-40-43-46-49-55(58)61-52-53(51-60-54(57)48-45-42-39-36-33-30-24-21-18-15-12-9-6-3)62-56(59)50-47-44-41-38-35-31-26-23-20-17-14-11-8-5-2/h7-8,10-11,16-17,19-20,25-27,29-33,37,39-40,42,53H,4-6,9,12-15,18,21-24,28,34-36,38,41,43-52H2,1-3H3/b10-7+,11-8+,19-16+,20-17+,27-25+,31-26+,32-29+,33-30+,40-37+,42-39+. The number of ether oxygens (including phenoxy) is 3. The van der Waals surface area contributed by atoms with Crippen molar-refractivity contribution in [3.8, 4) is 0 Å². The van der Waals surface area contributed by atoms with E-state index in [0.717, 1.165) is 103 Å². The van der Waals surface area contributed by atoms with Gasteiger partial charge in [-0.25, -0.2) is 0 Å². The Balaban J connectivity index is 4.60. The van der Waals surface area contributed by atoms with Crippen LogP contribution in [0.3, 0.4) is 0 Å². The van der Waals surface area contributed by atoms with Crippen molar-refractivity contribution in [3.05, 3.63) is 122 Å². The van der Waals surface area contributed by atoms with Crippen molar-refractivity contribution in [3.63, 3.8) is 0 Å². The van der Waals surface area contributed by atoms with Gasteiger partial charge in [-0.3, -0.25) is 14.4 Å². The first-order valence-electron chi connectivity index (χ1n) is 24.5. The minimum Gasteiger partial charge on any atom is -0.462 e. The van der Waals surface area contributed by atoms with E-state index < -0.39 is 6.10 Å². The minimum atomic E-state index is -0.837. The molecular weight excluding hydrogens is 769 g/mol. The van der Waals surface area contributed by atoms with Crippen molar-refractivity contribution in [2.24, 2.45) is 0 Å². The van der Waals surface area contributed by atoms with Gasteiger partial charge in [0.15, 0.2) is 6.10 Å². The number of carbonyl (C=O) groups excluding carboxylic acids is 3. The molecule has 6 nitrogen and oxygen atoms in total. The fourth-order valence-corrected chi connectivity index (χ4v) is 6.07. The SMILES string of the molecule is CC/C=C/C/C=C/C/C=C/C/C=C/C/C=C/CCCC(=O)OCC(COC(=O)CC/C=C/C/C=C/CCCCCCCC)OC(=O)CCCCCC/C=C/C/C=C/C/C=C/CC. The highest BCUT2D eigenvalue weighted by Gasteiger charge is 2.19. The van der Waals surface area contributed by atoms with Crippen LogP contribution in [0.25, 0.3) is 0 Å². The summed E-state index contributed by atoms with van der Waals surface area (Å²) in [5.41, 5.74) is 0. The summed E-state index contributed by atoms with van der Waals surface area (Å²) in [7, 11) is 0. The van der Waals surface area contributed by atoms with Crippen LogP contribution in [0.5, 0.6) is 0 Å². The number of allylic oxidation sites excluding steroid dienone is 20. The van der Waals surface area contributed by atoms with Crippen molar-refractivity contribution in [1.82, 2.24) is 0 Å². The Hall–Kier alpha value is -4.19. The van der Waals surface area contributed by atoms with Crippen molar-refractivity contribution < 1.29 is 28.6 Å². The van der Waals surface area contributed by atoms with Gasteiger partial charge in [-0.1, -0.05) is 187 Å². The first-order chi connectivity index (χ1) is 30.5. The van der Waals surface area contributed by atoms with E-state index in [4.69, 9.17) is 14.2 Å². The smallest absolute Gasteiger partial charge is 0.306 e. The molecular formula is C56H88O6. The molecule has 1 atom stereocenters. The number of unbranched alkanes of at least 4 members (excludes halogenated alkanes) is 11. The Labute approximate surface area is 380 Å². The molecule has 0 amide bonds. The predicted octanol–water partition coefficient (Wildman–Crippen LogP) is 16.1. The van der Waals surface area contributed by atoms with Gasteiger partial charge in [0, 0.05) is 19.3 Å². The maximum atomic E-state index is 12.8. The lowest BCUT2D eigenvalue weighted by Crippen LogP contribution is -2.30. The predicted molar refractivity (Wildman–Crippen MR) is 265 cm³/mol. The second kappa shape index (κ2) is 49.5. The van der Waals surface area contributed by atoms with Gasteiger partial charge in [0.2, 0.25) is 0 Å². The molecule has 0 radical (unpaired) electrons. The lowest BCUT2D eigenvalue weighted by Gasteiger charge is -2.18. The Kier molecular flexibility index (Phi) is 46.1. The van der Waals surface area contributed by atoms with Crippen LogP contribution in [-0.4, -0.2) is 37.2 Å². The Morgan fingerprint density at radius 2 is 0.677 bits per heavy atom. The second-order valence-corrected chi connectivity index (χ2v) is 15.6. The third kappa shape index (κ3) is 46.9. The zero-order valence-electron chi connectivity index (χ0n) is 39.6. The zero-order valence-corrected chi connectivity index (χ0v) is 39.6. The minimum absolute atomic E-state index is 0.137. The summed E-state index contributed by atoms with van der Waals surface area (Å²) in [5.74, 6) is -1.09. The van der Waals surface area contributed by atoms with Gasteiger partial charge in [0.1, 0.15) is 13.2 Å². The van der Waals surface area contributed by atoms with Crippen LogP contribution >= 0.6 is 0 Å². The summed E-state index contributed by atoms with van der Waals surface area (Å²) in [6.45, 7) is 6.25. The number of hydrogen-bond acceptors (Lipinski definition) is 6. The lowest BCUT2D eigenvalue weighted by molar-refractivity contribution is -0.166. The molecule has 0 aromatic rings. The fourth-order valence-electron chi connectivity index (χ4n) is 6.07. The van der Waals surface area contributed by atoms with E-state index in [-0.39, 0.29) is 50.4 Å². The molecule has 0 aromatic carbocycles. The Morgan fingerprint density at radius 3 is 1.13 bits per heavy atom. The van der Waals surface area contributed by atoms with Crippen molar-refractivity contribution in [2.45, 2.75) is 200 Å². The van der Waals surface area contributed by atoms with Gasteiger partial charge in [-0.15, -0.1) is 0 Å².